The zero-order valence-corrected chi connectivity index (χ0v) is 14.3. The molecule has 0 N–H and O–H groups in total. The summed E-state index contributed by atoms with van der Waals surface area (Å²) in [5, 5.41) is 0. The van der Waals surface area contributed by atoms with E-state index in [1.807, 2.05) is 11.6 Å². The van der Waals surface area contributed by atoms with E-state index in [2.05, 4.69) is 24.8 Å². The Bertz CT molecular complexity index is 873. The number of halogens is 1. The van der Waals surface area contributed by atoms with Gasteiger partial charge in [-0.2, -0.15) is 4.98 Å². The number of hydrogen-bond donors (Lipinski definition) is 0. The van der Waals surface area contributed by atoms with Crippen molar-refractivity contribution in [2.24, 2.45) is 13.0 Å². The molecule has 0 aliphatic heterocycles. The highest BCUT2D eigenvalue weighted by molar-refractivity contribution is 5.70. The molecule has 7 heteroatoms. The van der Waals surface area contributed by atoms with Gasteiger partial charge in [-0.25, -0.2) is 14.4 Å². The van der Waals surface area contributed by atoms with Gasteiger partial charge in [0.2, 0.25) is 5.95 Å². The van der Waals surface area contributed by atoms with Crippen LogP contribution in [0.15, 0.2) is 31.0 Å². The molecule has 0 spiro atoms. The van der Waals surface area contributed by atoms with Gasteiger partial charge in [-0.05, 0) is 18.4 Å². The third kappa shape index (κ3) is 3.31. The minimum Gasteiger partial charge on any atom is -0.336 e. The van der Waals surface area contributed by atoms with Crippen LogP contribution in [-0.2, 0) is 13.6 Å². The maximum Gasteiger partial charge on any atom is 0.227 e. The van der Waals surface area contributed by atoms with Crippen LogP contribution in [0.2, 0.25) is 0 Å². The first-order chi connectivity index (χ1) is 12.2. The molecule has 130 valence electrons. The molecule has 3 aromatic rings. The summed E-state index contributed by atoms with van der Waals surface area (Å²) in [5.74, 6) is 1.09. The number of hydrogen-bond acceptors (Lipinski definition) is 5. The minimum atomic E-state index is -0.294. The highest BCUT2D eigenvalue weighted by Gasteiger charge is 2.21. The first-order valence-corrected chi connectivity index (χ1v) is 8.68. The molecule has 0 bridgehead atoms. The van der Waals surface area contributed by atoms with Crippen molar-refractivity contribution in [3.63, 3.8) is 0 Å². The average Bonchev–Trinajstić information content (AvgIpc) is 2.95. The van der Waals surface area contributed by atoms with E-state index in [0.717, 1.165) is 30.0 Å². The number of imidazole rings is 1. The van der Waals surface area contributed by atoms with Gasteiger partial charge in [-0.3, -0.25) is 4.98 Å². The molecule has 1 aliphatic carbocycles. The maximum atomic E-state index is 14.1. The highest BCUT2D eigenvalue weighted by Crippen LogP contribution is 2.30. The van der Waals surface area contributed by atoms with Crippen molar-refractivity contribution >= 4 is 17.1 Å². The summed E-state index contributed by atoms with van der Waals surface area (Å²) in [6.45, 7) is 1.25. The Balaban J connectivity index is 1.62. The van der Waals surface area contributed by atoms with Crippen LogP contribution in [0.5, 0.6) is 0 Å². The molecule has 0 atom stereocenters. The molecule has 1 saturated carbocycles. The summed E-state index contributed by atoms with van der Waals surface area (Å²) in [6, 6.07) is 1.72. The van der Waals surface area contributed by atoms with Crippen molar-refractivity contribution in [3.8, 4) is 0 Å². The molecular formula is C18H21FN6. The van der Waals surface area contributed by atoms with Crippen LogP contribution in [-0.4, -0.2) is 31.0 Å². The monoisotopic (exact) mass is 340 g/mol. The molecule has 0 amide bonds. The highest BCUT2D eigenvalue weighted by atomic mass is 19.1. The van der Waals surface area contributed by atoms with Crippen LogP contribution in [0, 0.1) is 11.7 Å². The largest absolute Gasteiger partial charge is 0.336 e. The smallest absolute Gasteiger partial charge is 0.227 e. The van der Waals surface area contributed by atoms with Gasteiger partial charge >= 0.3 is 0 Å². The van der Waals surface area contributed by atoms with E-state index in [4.69, 9.17) is 0 Å². The van der Waals surface area contributed by atoms with E-state index in [1.165, 1.54) is 25.5 Å². The Morgan fingerprint density at radius 1 is 1.28 bits per heavy atom. The topological polar surface area (TPSA) is 59.7 Å². The van der Waals surface area contributed by atoms with E-state index in [0.29, 0.717) is 18.1 Å². The van der Waals surface area contributed by atoms with Crippen molar-refractivity contribution in [1.29, 1.82) is 0 Å². The molecule has 1 aliphatic rings. The second kappa shape index (κ2) is 6.74. The summed E-state index contributed by atoms with van der Waals surface area (Å²) in [6.07, 6.45) is 11.3. The van der Waals surface area contributed by atoms with Gasteiger partial charge in [0.15, 0.2) is 5.65 Å². The predicted octanol–water partition coefficient (Wildman–Crippen LogP) is 3.09. The van der Waals surface area contributed by atoms with E-state index in [-0.39, 0.29) is 5.82 Å². The van der Waals surface area contributed by atoms with Crippen molar-refractivity contribution in [2.75, 3.05) is 11.4 Å². The fourth-order valence-electron chi connectivity index (χ4n) is 3.17. The maximum absolute atomic E-state index is 14.1. The van der Waals surface area contributed by atoms with Crippen molar-refractivity contribution in [1.82, 2.24) is 24.5 Å². The summed E-state index contributed by atoms with van der Waals surface area (Å²) in [7, 11) is 1.91. The van der Waals surface area contributed by atoms with Crippen LogP contribution in [0.1, 0.15) is 31.2 Å². The van der Waals surface area contributed by atoms with Crippen LogP contribution in [0.3, 0.4) is 0 Å². The number of fused-ring (bicyclic) bond motifs is 1. The van der Waals surface area contributed by atoms with Crippen LogP contribution >= 0.6 is 0 Å². The van der Waals surface area contributed by atoms with Crippen LogP contribution in [0.25, 0.3) is 11.2 Å². The quantitative estimate of drug-likeness (QED) is 0.690. The Hall–Kier alpha value is -2.57. The Kier molecular flexibility index (Phi) is 4.29. The van der Waals surface area contributed by atoms with Gasteiger partial charge in [0.05, 0.1) is 18.7 Å². The fourth-order valence-corrected chi connectivity index (χ4v) is 3.17. The van der Waals surface area contributed by atoms with Gasteiger partial charge in [0, 0.05) is 31.9 Å². The van der Waals surface area contributed by atoms with E-state index in [1.54, 1.807) is 24.8 Å². The Labute approximate surface area is 145 Å². The molecule has 3 aromatic heterocycles. The van der Waals surface area contributed by atoms with E-state index >= 15 is 0 Å². The summed E-state index contributed by atoms with van der Waals surface area (Å²) in [4.78, 5) is 19.3. The molecular weight excluding hydrogens is 319 g/mol. The molecule has 1 fully saturated rings. The predicted molar refractivity (Wildman–Crippen MR) is 93.5 cm³/mol. The number of aryl methyl sites for hydroxylation is 1. The van der Waals surface area contributed by atoms with E-state index in [9.17, 15) is 4.39 Å². The number of aromatic nitrogens is 5. The third-order valence-corrected chi connectivity index (χ3v) is 4.97. The molecule has 0 radical (unpaired) electrons. The summed E-state index contributed by atoms with van der Waals surface area (Å²) in [5.41, 5.74) is 2.16. The Morgan fingerprint density at radius 2 is 2.16 bits per heavy atom. The lowest BCUT2D eigenvalue weighted by Crippen LogP contribution is -2.29. The standard InChI is InChI=1S/C18H21FN6/c1-24-12-22-16-10-21-18(23-17(16)24)25(8-6-13-3-2-4-13)11-14-5-7-20-9-15(14)19/h5,7,9-10,12-13H,2-4,6,8,11H2,1H3. The summed E-state index contributed by atoms with van der Waals surface area (Å²) >= 11 is 0. The van der Waals surface area contributed by atoms with Gasteiger partial charge in [0.1, 0.15) is 11.3 Å². The minimum absolute atomic E-state index is 0.294. The lowest BCUT2D eigenvalue weighted by atomic mass is 9.83. The third-order valence-electron chi connectivity index (χ3n) is 4.97. The SMILES string of the molecule is Cn1cnc2cnc(N(CCC3CCC3)Cc3ccncc3F)nc21. The average molecular weight is 340 g/mol. The van der Waals surface area contributed by atoms with Crippen molar-refractivity contribution in [2.45, 2.75) is 32.2 Å². The number of rotatable bonds is 6. The zero-order valence-electron chi connectivity index (χ0n) is 14.3. The number of anilines is 1. The molecule has 4 rings (SSSR count). The van der Waals surface area contributed by atoms with Gasteiger partial charge in [-0.1, -0.05) is 19.3 Å². The van der Waals surface area contributed by atoms with E-state index < -0.39 is 0 Å². The Morgan fingerprint density at radius 3 is 2.92 bits per heavy atom. The molecule has 3 heterocycles. The van der Waals surface area contributed by atoms with Crippen LogP contribution in [0.4, 0.5) is 10.3 Å². The van der Waals surface area contributed by atoms with Gasteiger partial charge in [0.25, 0.3) is 0 Å². The fraction of sp³-hybridized carbons (Fsp3) is 0.444. The number of nitrogens with zero attached hydrogens (tertiary/aromatic N) is 6. The van der Waals surface area contributed by atoms with Gasteiger partial charge < -0.3 is 9.47 Å². The number of pyridine rings is 1. The normalized spacial score (nSPS) is 14.6. The second-order valence-corrected chi connectivity index (χ2v) is 6.71. The summed E-state index contributed by atoms with van der Waals surface area (Å²) < 4.78 is 15.9. The molecule has 0 aromatic carbocycles. The van der Waals surface area contributed by atoms with Crippen molar-refractivity contribution < 1.29 is 4.39 Å². The lowest BCUT2D eigenvalue weighted by Gasteiger charge is -2.29. The first-order valence-electron chi connectivity index (χ1n) is 8.68. The second-order valence-electron chi connectivity index (χ2n) is 6.71. The van der Waals surface area contributed by atoms with Gasteiger partial charge in [-0.15, -0.1) is 0 Å². The molecule has 6 nitrogen and oxygen atoms in total. The molecule has 0 saturated heterocycles. The molecule has 0 unspecified atom stereocenters. The first kappa shape index (κ1) is 15.9. The lowest BCUT2D eigenvalue weighted by molar-refractivity contribution is 0.297. The molecule has 25 heavy (non-hydrogen) atoms. The van der Waals surface area contributed by atoms with Crippen LogP contribution < -0.4 is 4.90 Å². The zero-order chi connectivity index (χ0) is 17.2. The van der Waals surface area contributed by atoms with Crippen molar-refractivity contribution in [3.05, 3.63) is 42.4 Å².